The van der Waals surface area contributed by atoms with Gasteiger partial charge >= 0.3 is 0 Å². The van der Waals surface area contributed by atoms with Gasteiger partial charge in [-0.3, -0.25) is 10.3 Å². The van der Waals surface area contributed by atoms with Crippen LogP contribution in [0.4, 0.5) is 5.82 Å². The maximum Gasteiger partial charge on any atom is 0.190 e. The number of hydrogen-bond acceptors (Lipinski definition) is 6. The van der Waals surface area contributed by atoms with E-state index >= 15 is 0 Å². The highest BCUT2D eigenvalue weighted by molar-refractivity contribution is 5.78. The predicted molar refractivity (Wildman–Crippen MR) is 57.6 cm³/mol. The van der Waals surface area contributed by atoms with Crippen LogP contribution < -0.4 is 10.3 Å². The van der Waals surface area contributed by atoms with Crippen LogP contribution >= 0.6 is 0 Å². The lowest BCUT2D eigenvalue weighted by Gasteiger charge is -2.34. The van der Waals surface area contributed by atoms with Crippen molar-refractivity contribution in [3.05, 3.63) is 23.9 Å². The second-order valence-electron chi connectivity index (χ2n) is 3.65. The third kappa shape index (κ3) is 1.62. The Morgan fingerprint density at radius 1 is 1.50 bits per heavy atom. The van der Waals surface area contributed by atoms with Crippen molar-refractivity contribution < 1.29 is 9.47 Å². The van der Waals surface area contributed by atoms with E-state index in [1.165, 1.54) is 0 Å². The van der Waals surface area contributed by atoms with Crippen molar-refractivity contribution in [2.75, 3.05) is 11.6 Å². The molecule has 3 heterocycles. The number of hydrazone groups is 1. The Hall–Kier alpha value is -1.66. The Morgan fingerprint density at radius 2 is 2.38 bits per heavy atom. The Balaban J connectivity index is 1.80. The Bertz CT molecular complexity index is 417. The van der Waals surface area contributed by atoms with E-state index in [-0.39, 0.29) is 12.6 Å². The first-order chi connectivity index (χ1) is 7.83. The van der Waals surface area contributed by atoms with E-state index in [2.05, 4.69) is 15.5 Å². The normalized spacial score (nSPS) is 27.7. The van der Waals surface area contributed by atoms with Gasteiger partial charge in [-0.15, -0.1) is 0 Å². The van der Waals surface area contributed by atoms with Crippen molar-refractivity contribution in [3.8, 4) is 0 Å². The first kappa shape index (κ1) is 9.56. The van der Waals surface area contributed by atoms with E-state index in [4.69, 9.17) is 9.47 Å². The fourth-order valence-electron chi connectivity index (χ4n) is 1.66. The second kappa shape index (κ2) is 3.73. The van der Waals surface area contributed by atoms with Crippen LogP contribution in [-0.4, -0.2) is 24.3 Å². The van der Waals surface area contributed by atoms with Crippen LogP contribution in [0.3, 0.4) is 0 Å². The topological polar surface area (TPSA) is 59.0 Å². The quantitative estimate of drug-likeness (QED) is 0.798. The summed E-state index contributed by atoms with van der Waals surface area (Å²) in [5, 5.41) is 3.91. The summed E-state index contributed by atoms with van der Waals surface area (Å²) in [4.78, 5) is 6.17. The molecule has 2 aliphatic rings. The van der Waals surface area contributed by atoms with Crippen LogP contribution in [0.2, 0.25) is 0 Å². The minimum absolute atomic E-state index is 0.114. The van der Waals surface area contributed by atoms with Crippen LogP contribution in [0.1, 0.15) is 18.8 Å². The van der Waals surface area contributed by atoms with Crippen molar-refractivity contribution in [2.24, 2.45) is 5.10 Å². The van der Waals surface area contributed by atoms with Gasteiger partial charge < -0.3 is 9.47 Å². The van der Waals surface area contributed by atoms with E-state index in [1.54, 1.807) is 12.5 Å². The minimum atomic E-state index is -0.260. The average Bonchev–Trinajstić information content (AvgIpc) is 2.78. The number of hydrogen-bond donors (Lipinski definition) is 1. The van der Waals surface area contributed by atoms with Crippen LogP contribution in [0, 0.1) is 0 Å². The fraction of sp³-hybridized carbons (Fsp3) is 0.400. The summed E-state index contributed by atoms with van der Waals surface area (Å²) >= 11 is 0. The molecule has 6 nitrogen and oxygen atoms in total. The molecule has 1 N–H and O–H groups in total. The van der Waals surface area contributed by atoms with E-state index in [0.29, 0.717) is 6.67 Å². The lowest BCUT2D eigenvalue weighted by molar-refractivity contribution is -0.382. The van der Waals surface area contributed by atoms with Gasteiger partial charge in [-0.05, 0) is 19.1 Å². The summed E-state index contributed by atoms with van der Waals surface area (Å²) in [6.45, 7) is 2.51. The Kier molecular flexibility index (Phi) is 2.23. The first-order valence-corrected chi connectivity index (χ1v) is 5.12. The number of aromatic nitrogens is 1. The molecule has 0 aliphatic carbocycles. The molecule has 0 saturated carbocycles. The van der Waals surface area contributed by atoms with E-state index in [1.807, 2.05) is 24.0 Å². The summed E-state index contributed by atoms with van der Waals surface area (Å²) in [7, 11) is 0. The monoisotopic (exact) mass is 220 g/mol. The number of anilines is 1. The SMILES string of the molecule is CC1OC(c2ccnc(N3C=NNC3)c2)O1. The first-order valence-electron chi connectivity index (χ1n) is 5.12. The maximum atomic E-state index is 5.42. The molecule has 0 aromatic carbocycles. The van der Waals surface area contributed by atoms with Gasteiger partial charge in [-0.1, -0.05) is 0 Å². The molecule has 0 spiro atoms. The van der Waals surface area contributed by atoms with Gasteiger partial charge in [0.25, 0.3) is 0 Å². The molecule has 84 valence electrons. The lowest BCUT2D eigenvalue weighted by Crippen LogP contribution is -2.32. The molecule has 2 aliphatic heterocycles. The number of nitrogens with one attached hydrogen (secondary N) is 1. The largest absolute Gasteiger partial charge is 0.320 e. The van der Waals surface area contributed by atoms with Crippen LogP contribution in [0.5, 0.6) is 0 Å². The minimum Gasteiger partial charge on any atom is -0.320 e. The average molecular weight is 220 g/mol. The zero-order chi connectivity index (χ0) is 11.0. The predicted octanol–water partition coefficient (Wildman–Crippen LogP) is 0.783. The van der Waals surface area contributed by atoms with Gasteiger partial charge in [0.05, 0.1) is 0 Å². The smallest absolute Gasteiger partial charge is 0.190 e. The molecule has 3 rings (SSSR count). The number of rotatable bonds is 2. The third-order valence-electron chi connectivity index (χ3n) is 2.50. The molecule has 0 unspecified atom stereocenters. The third-order valence-corrected chi connectivity index (χ3v) is 2.50. The van der Waals surface area contributed by atoms with E-state index < -0.39 is 0 Å². The number of pyridine rings is 1. The molecule has 0 radical (unpaired) electrons. The highest BCUT2D eigenvalue weighted by atomic mass is 16.9. The fourth-order valence-corrected chi connectivity index (χ4v) is 1.66. The van der Waals surface area contributed by atoms with Gasteiger partial charge in [0, 0.05) is 11.8 Å². The van der Waals surface area contributed by atoms with Gasteiger partial charge in [-0.2, -0.15) is 5.10 Å². The molecule has 16 heavy (non-hydrogen) atoms. The molecule has 1 fully saturated rings. The zero-order valence-electron chi connectivity index (χ0n) is 8.83. The maximum absolute atomic E-state index is 5.42. The number of nitrogens with zero attached hydrogens (tertiary/aromatic N) is 3. The Labute approximate surface area is 92.9 Å². The van der Waals surface area contributed by atoms with Gasteiger partial charge in [0.1, 0.15) is 18.8 Å². The van der Waals surface area contributed by atoms with Gasteiger partial charge in [0.15, 0.2) is 12.6 Å². The van der Waals surface area contributed by atoms with Crippen molar-refractivity contribution >= 4 is 12.2 Å². The standard InChI is InChI=1S/C10H12N4O2/c1-7-15-10(16-7)8-2-3-11-9(4-8)14-5-12-13-6-14/h2-5,7,10,13H,6H2,1H3. The Morgan fingerprint density at radius 3 is 3.06 bits per heavy atom. The molecular formula is C10H12N4O2. The van der Waals surface area contributed by atoms with E-state index in [0.717, 1.165) is 11.4 Å². The van der Waals surface area contributed by atoms with Crippen molar-refractivity contribution in [2.45, 2.75) is 19.5 Å². The summed E-state index contributed by atoms with van der Waals surface area (Å²) in [6.07, 6.45) is 3.07. The molecule has 0 amide bonds. The molecule has 0 bridgehead atoms. The summed E-state index contributed by atoms with van der Waals surface area (Å²) < 4.78 is 10.8. The van der Waals surface area contributed by atoms with Crippen molar-refractivity contribution in [1.82, 2.24) is 10.4 Å². The van der Waals surface area contributed by atoms with Gasteiger partial charge in [0.2, 0.25) is 0 Å². The zero-order valence-corrected chi connectivity index (χ0v) is 8.83. The molecule has 1 aromatic rings. The molecular weight excluding hydrogens is 208 g/mol. The van der Waals surface area contributed by atoms with Crippen molar-refractivity contribution in [3.63, 3.8) is 0 Å². The molecule has 1 aromatic heterocycles. The van der Waals surface area contributed by atoms with Crippen molar-refractivity contribution in [1.29, 1.82) is 0 Å². The van der Waals surface area contributed by atoms with Crippen LogP contribution in [0.15, 0.2) is 23.4 Å². The van der Waals surface area contributed by atoms with Crippen LogP contribution in [-0.2, 0) is 9.47 Å². The molecule has 1 saturated heterocycles. The van der Waals surface area contributed by atoms with Crippen LogP contribution in [0.25, 0.3) is 0 Å². The second-order valence-corrected chi connectivity index (χ2v) is 3.65. The number of ether oxygens (including phenoxy) is 2. The van der Waals surface area contributed by atoms with Gasteiger partial charge in [-0.25, -0.2) is 4.98 Å². The summed E-state index contributed by atoms with van der Waals surface area (Å²) in [5.41, 5.74) is 3.82. The van der Waals surface area contributed by atoms with E-state index in [9.17, 15) is 0 Å². The lowest BCUT2D eigenvalue weighted by atomic mass is 10.2. The summed E-state index contributed by atoms with van der Waals surface area (Å²) in [5.74, 6) is 0.831. The molecule has 0 atom stereocenters. The molecule has 6 heteroatoms. The highest BCUT2D eigenvalue weighted by Crippen LogP contribution is 2.32. The summed E-state index contributed by atoms with van der Waals surface area (Å²) in [6, 6.07) is 3.83. The highest BCUT2D eigenvalue weighted by Gasteiger charge is 2.28.